The molecule has 0 saturated carbocycles. The maximum atomic E-state index is 12.0. The summed E-state index contributed by atoms with van der Waals surface area (Å²) in [5.74, 6) is 0. The van der Waals surface area contributed by atoms with Crippen molar-refractivity contribution in [2.45, 2.75) is 44.9 Å². The molecule has 0 aromatic rings. The molecule has 2 atom stereocenters. The van der Waals surface area contributed by atoms with E-state index in [-0.39, 0.29) is 6.04 Å². The van der Waals surface area contributed by atoms with Crippen molar-refractivity contribution in [2.24, 2.45) is 0 Å². The number of amides is 2. The van der Waals surface area contributed by atoms with Crippen LogP contribution in [0.2, 0.25) is 0 Å². The number of rotatable bonds is 3. The van der Waals surface area contributed by atoms with Crippen molar-refractivity contribution in [2.75, 3.05) is 26.7 Å². The van der Waals surface area contributed by atoms with Crippen LogP contribution in [-0.2, 0) is 0 Å². The zero-order valence-corrected chi connectivity index (χ0v) is 11.6. The van der Waals surface area contributed by atoms with E-state index in [1.165, 1.54) is 4.90 Å². The van der Waals surface area contributed by atoms with E-state index in [1.54, 1.807) is 7.05 Å². The van der Waals surface area contributed by atoms with Gasteiger partial charge in [-0.2, -0.15) is 13.2 Å². The lowest BCUT2D eigenvalue weighted by molar-refractivity contribution is -0.123. The molecule has 0 unspecified atom stereocenters. The first-order chi connectivity index (χ1) is 8.74. The van der Waals surface area contributed by atoms with Gasteiger partial charge < -0.3 is 15.1 Å². The van der Waals surface area contributed by atoms with Gasteiger partial charge in [0.2, 0.25) is 0 Å². The summed E-state index contributed by atoms with van der Waals surface area (Å²) in [5, 5.41) is 1.91. The van der Waals surface area contributed by atoms with Crippen LogP contribution in [0.4, 0.5) is 18.0 Å². The Hall–Kier alpha value is -0.980. The molecule has 1 saturated heterocycles. The molecule has 0 aromatic carbocycles. The molecule has 1 aliphatic rings. The molecule has 1 aliphatic heterocycles. The second-order valence-electron chi connectivity index (χ2n) is 5.04. The van der Waals surface area contributed by atoms with Crippen LogP contribution in [0.25, 0.3) is 0 Å². The number of likely N-dealkylation sites (tertiary alicyclic amines) is 1. The summed E-state index contributed by atoms with van der Waals surface area (Å²) in [7, 11) is 1.56. The van der Waals surface area contributed by atoms with E-state index < -0.39 is 18.8 Å². The number of hydrogen-bond acceptors (Lipinski definition) is 2. The van der Waals surface area contributed by atoms with Gasteiger partial charge in [-0.25, -0.2) is 4.79 Å². The second kappa shape index (κ2) is 6.45. The van der Waals surface area contributed by atoms with E-state index in [0.29, 0.717) is 6.04 Å². The zero-order chi connectivity index (χ0) is 14.6. The van der Waals surface area contributed by atoms with Gasteiger partial charge in [-0.05, 0) is 26.3 Å². The number of piperidine rings is 1. The fourth-order valence-corrected chi connectivity index (χ4v) is 2.48. The van der Waals surface area contributed by atoms with Crippen molar-refractivity contribution in [3.63, 3.8) is 0 Å². The summed E-state index contributed by atoms with van der Waals surface area (Å²) in [6, 6.07) is -0.299. The molecule has 4 nitrogen and oxygen atoms in total. The second-order valence-corrected chi connectivity index (χ2v) is 5.04. The van der Waals surface area contributed by atoms with Crippen molar-refractivity contribution in [3.8, 4) is 0 Å². The van der Waals surface area contributed by atoms with Gasteiger partial charge in [0.15, 0.2) is 0 Å². The number of carbonyl (C=O) groups excluding carboxylic acids is 1. The third-order valence-electron chi connectivity index (χ3n) is 3.70. The molecule has 1 heterocycles. The number of nitrogens with one attached hydrogen (secondary N) is 1. The van der Waals surface area contributed by atoms with Crippen LogP contribution in [0.3, 0.4) is 0 Å². The van der Waals surface area contributed by atoms with Crippen LogP contribution in [0.15, 0.2) is 0 Å². The maximum Gasteiger partial charge on any atom is 0.405 e. The van der Waals surface area contributed by atoms with Crippen LogP contribution in [0, 0.1) is 0 Å². The number of halogens is 3. The molecule has 7 heteroatoms. The summed E-state index contributed by atoms with van der Waals surface area (Å²) < 4.78 is 36.1. The molecule has 0 aliphatic carbocycles. The molecule has 0 spiro atoms. The predicted octanol–water partition coefficient (Wildman–Crippen LogP) is 2.06. The van der Waals surface area contributed by atoms with Gasteiger partial charge in [-0.3, -0.25) is 0 Å². The third kappa shape index (κ3) is 4.89. The predicted molar refractivity (Wildman–Crippen MR) is 66.9 cm³/mol. The number of nitrogens with zero attached hydrogens (tertiary/aromatic N) is 2. The highest BCUT2D eigenvalue weighted by Gasteiger charge is 2.32. The number of carbonyl (C=O) groups is 1. The van der Waals surface area contributed by atoms with Crippen LogP contribution in [0.5, 0.6) is 0 Å². The van der Waals surface area contributed by atoms with Gasteiger partial charge in [-0.15, -0.1) is 0 Å². The molecule has 2 amide bonds. The molecule has 1 N–H and O–H groups in total. The Morgan fingerprint density at radius 3 is 2.58 bits per heavy atom. The van der Waals surface area contributed by atoms with Crippen LogP contribution in [0.1, 0.15) is 26.7 Å². The lowest BCUT2D eigenvalue weighted by Gasteiger charge is -2.40. The average Bonchev–Trinajstić information content (AvgIpc) is 2.34. The SMILES string of the molecule is CCN1CC[C@@H](N(C)C(=O)NCC(F)(F)F)C[C@H]1C. The Kier molecular flexibility index (Phi) is 5.46. The Morgan fingerprint density at radius 2 is 2.11 bits per heavy atom. The van der Waals surface area contributed by atoms with Crippen LogP contribution in [-0.4, -0.2) is 60.8 Å². The molecule has 0 radical (unpaired) electrons. The Labute approximate surface area is 111 Å². The molecule has 0 bridgehead atoms. The Balaban J connectivity index is 2.45. The fraction of sp³-hybridized carbons (Fsp3) is 0.917. The monoisotopic (exact) mass is 281 g/mol. The normalized spacial score (nSPS) is 25.2. The number of alkyl halides is 3. The van der Waals surface area contributed by atoms with Gasteiger partial charge in [0.05, 0.1) is 0 Å². The molecular weight excluding hydrogens is 259 g/mol. The molecule has 1 rings (SSSR count). The molecule has 112 valence electrons. The van der Waals surface area contributed by atoms with Crippen molar-refractivity contribution in [3.05, 3.63) is 0 Å². The third-order valence-corrected chi connectivity index (χ3v) is 3.70. The first kappa shape index (κ1) is 16.1. The van der Waals surface area contributed by atoms with E-state index in [9.17, 15) is 18.0 Å². The van der Waals surface area contributed by atoms with Crippen LogP contribution >= 0.6 is 0 Å². The smallest absolute Gasteiger partial charge is 0.329 e. The van der Waals surface area contributed by atoms with Gasteiger partial charge >= 0.3 is 12.2 Å². The fourth-order valence-electron chi connectivity index (χ4n) is 2.48. The van der Waals surface area contributed by atoms with Crippen LogP contribution < -0.4 is 5.32 Å². The maximum absolute atomic E-state index is 12.0. The lowest BCUT2D eigenvalue weighted by Crippen LogP contribution is -2.52. The standard InChI is InChI=1S/C12H22F3N3O/c1-4-18-6-5-10(7-9(18)2)17(3)11(19)16-8-12(13,14)15/h9-10H,4-8H2,1-3H3,(H,16,19)/t9-,10-/m1/s1. The highest BCUT2D eigenvalue weighted by molar-refractivity contribution is 5.74. The Bertz CT molecular complexity index is 309. The van der Waals surface area contributed by atoms with Gasteiger partial charge in [0.25, 0.3) is 0 Å². The number of urea groups is 1. The van der Waals surface area contributed by atoms with E-state index in [1.807, 2.05) is 5.32 Å². The van der Waals surface area contributed by atoms with Gasteiger partial charge in [-0.1, -0.05) is 6.92 Å². The van der Waals surface area contributed by atoms with Gasteiger partial charge in [0, 0.05) is 25.7 Å². The minimum absolute atomic E-state index is 0.00559. The van der Waals surface area contributed by atoms with Crippen molar-refractivity contribution >= 4 is 6.03 Å². The highest BCUT2D eigenvalue weighted by Crippen LogP contribution is 2.21. The summed E-state index contributed by atoms with van der Waals surface area (Å²) in [4.78, 5) is 15.3. The summed E-state index contributed by atoms with van der Waals surface area (Å²) in [5.41, 5.74) is 0. The largest absolute Gasteiger partial charge is 0.405 e. The molecule has 0 aromatic heterocycles. The van der Waals surface area contributed by atoms with E-state index in [2.05, 4.69) is 18.7 Å². The van der Waals surface area contributed by atoms with Crippen molar-refractivity contribution < 1.29 is 18.0 Å². The summed E-state index contributed by atoms with van der Waals surface area (Å²) in [6.45, 7) is 4.71. The van der Waals surface area contributed by atoms with Crippen molar-refractivity contribution in [1.82, 2.24) is 15.1 Å². The number of hydrogen-bond donors (Lipinski definition) is 1. The lowest BCUT2D eigenvalue weighted by atomic mass is 9.97. The van der Waals surface area contributed by atoms with E-state index >= 15 is 0 Å². The van der Waals surface area contributed by atoms with E-state index in [4.69, 9.17) is 0 Å². The topological polar surface area (TPSA) is 35.6 Å². The van der Waals surface area contributed by atoms with Gasteiger partial charge in [0.1, 0.15) is 6.54 Å². The first-order valence-electron chi connectivity index (χ1n) is 6.56. The average molecular weight is 281 g/mol. The first-order valence-corrected chi connectivity index (χ1v) is 6.56. The highest BCUT2D eigenvalue weighted by atomic mass is 19.4. The minimum Gasteiger partial charge on any atom is -0.329 e. The van der Waals surface area contributed by atoms with Crippen molar-refractivity contribution in [1.29, 1.82) is 0 Å². The summed E-state index contributed by atoms with van der Waals surface area (Å²) >= 11 is 0. The molecular formula is C12H22F3N3O. The molecule has 19 heavy (non-hydrogen) atoms. The quantitative estimate of drug-likeness (QED) is 0.859. The molecule has 1 fully saturated rings. The Morgan fingerprint density at radius 1 is 1.47 bits per heavy atom. The zero-order valence-electron chi connectivity index (χ0n) is 11.6. The summed E-state index contributed by atoms with van der Waals surface area (Å²) in [6.07, 6.45) is -2.77. The van der Waals surface area contributed by atoms with E-state index in [0.717, 1.165) is 25.9 Å². The minimum atomic E-state index is -4.37.